The molecule has 2 rings (SSSR count). The Morgan fingerprint density at radius 1 is 1.37 bits per heavy atom. The number of hydrogen-bond donors (Lipinski definition) is 2. The van der Waals surface area contributed by atoms with Crippen molar-refractivity contribution in [2.45, 2.75) is 6.92 Å². The highest BCUT2D eigenvalue weighted by atomic mass is 79.9. The summed E-state index contributed by atoms with van der Waals surface area (Å²) in [5, 5.41) is 11.6. The van der Waals surface area contributed by atoms with Crippen LogP contribution in [0.4, 0.5) is 15.9 Å². The molecule has 1 aromatic carbocycles. The molecule has 0 saturated carbocycles. The first-order valence-corrected chi connectivity index (χ1v) is 6.04. The number of anilines is 2. The third-order valence-corrected chi connectivity index (χ3v) is 3.01. The van der Waals surface area contributed by atoms with Crippen LogP contribution in [0.3, 0.4) is 0 Å². The average Bonchev–Trinajstić information content (AvgIpc) is 2.36. The standard InChI is InChI=1S/C12H9BrFN3O2/c1-6-2-8(14)7(13)3-9(6)17-11-5-15-10(4-16-11)12(18)19/h2-5H,1H3,(H,16,17)(H,18,19). The van der Waals surface area contributed by atoms with Gasteiger partial charge in [-0.3, -0.25) is 0 Å². The Morgan fingerprint density at radius 2 is 2.11 bits per heavy atom. The van der Waals surface area contributed by atoms with Gasteiger partial charge in [0, 0.05) is 5.69 Å². The Kier molecular flexibility index (Phi) is 3.75. The van der Waals surface area contributed by atoms with Gasteiger partial charge in [-0.2, -0.15) is 0 Å². The van der Waals surface area contributed by atoms with Crippen LogP contribution >= 0.6 is 15.9 Å². The van der Waals surface area contributed by atoms with Crippen molar-refractivity contribution >= 4 is 33.4 Å². The molecule has 0 saturated heterocycles. The Morgan fingerprint density at radius 3 is 2.68 bits per heavy atom. The normalized spacial score (nSPS) is 10.3. The maximum atomic E-state index is 13.3. The summed E-state index contributed by atoms with van der Waals surface area (Å²) in [7, 11) is 0. The molecule has 0 atom stereocenters. The second-order valence-corrected chi connectivity index (χ2v) is 4.65. The largest absolute Gasteiger partial charge is 0.476 e. The molecule has 0 spiro atoms. The number of carbonyl (C=O) groups is 1. The fraction of sp³-hybridized carbons (Fsp3) is 0.0833. The predicted molar refractivity (Wildman–Crippen MR) is 71.1 cm³/mol. The first kappa shape index (κ1) is 13.4. The molecule has 0 amide bonds. The molecule has 0 aliphatic heterocycles. The molecule has 98 valence electrons. The Labute approximate surface area is 116 Å². The number of benzene rings is 1. The highest BCUT2D eigenvalue weighted by Gasteiger charge is 2.08. The van der Waals surface area contributed by atoms with E-state index in [1.54, 1.807) is 13.0 Å². The molecule has 0 aliphatic rings. The Hall–Kier alpha value is -2.02. The van der Waals surface area contributed by atoms with Gasteiger partial charge in [-0.15, -0.1) is 0 Å². The van der Waals surface area contributed by atoms with Gasteiger partial charge in [0.05, 0.1) is 16.9 Å². The summed E-state index contributed by atoms with van der Waals surface area (Å²) < 4.78 is 13.6. The molecule has 0 radical (unpaired) electrons. The summed E-state index contributed by atoms with van der Waals surface area (Å²) in [4.78, 5) is 18.3. The number of rotatable bonds is 3. The number of hydrogen-bond acceptors (Lipinski definition) is 4. The van der Waals surface area contributed by atoms with E-state index in [0.29, 0.717) is 21.5 Å². The topological polar surface area (TPSA) is 75.1 Å². The van der Waals surface area contributed by atoms with Crippen molar-refractivity contribution in [3.63, 3.8) is 0 Å². The van der Waals surface area contributed by atoms with Crippen LogP contribution < -0.4 is 5.32 Å². The summed E-state index contributed by atoms with van der Waals surface area (Å²) in [6, 6.07) is 2.96. The Bertz CT molecular complexity index is 632. The lowest BCUT2D eigenvalue weighted by Gasteiger charge is -2.09. The van der Waals surface area contributed by atoms with Crippen LogP contribution in [-0.2, 0) is 0 Å². The lowest BCUT2D eigenvalue weighted by atomic mass is 10.2. The molecule has 2 N–H and O–H groups in total. The van der Waals surface area contributed by atoms with E-state index >= 15 is 0 Å². The zero-order chi connectivity index (χ0) is 14.0. The van der Waals surface area contributed by atoms with E-state index in [1.165, 1.54) is 12.3 Å². The van der Waals surface area contributed by atoms with Gasteiger partial charge in [0.15, 0.2) is 5.69 Å². The molecule has 1 aromatic heterocycles. The number of aryl methyl sites for hydroxylation is 1. The van der Waals surface area contributed by atoms with Crippen LogP contribution in [-0.4, -0.2) is 21.0 Å². The van der Waals surface area contributed by atoms with Gasteiger partial charge in [0.2, 0.25) is 0 Å². The van der Waals surface area contributed by atoms with E-state index < -0.39 is 5.97 Å². The van der Waals surface area contributed by atoms with Crippen LogP contribution in [0.15, 0.2) is 29.0 Å². The van der Waals surface area contributed by atoms with Crippen molar-refractivity contribution in [2.75, 3.05) is 5.32 Å². The summed E-state index contributed by atoms with van der Waals surface area (Å²) in [6.07, 6.45) is 2.46. The lowest BCUT2D eigenvalue weighted by Crippen LogP contribution is -2.03. The van der Waals surface area contributed by atoms with Crippen LogP contribution in [0.2, 0.25) is 0 Å². The fourth-order valence-corrected chi connectivity index (χ4v) is 1.77. The second kappa shape index (κ2) is 5.31. The van der Waals surface area contributed by atoms with Crippen molar-refractivity contribution < 1.29 is 14.3 Å². The molecule has 2 aromatic rings. The molecule has 19 heavy (non-hydrogen) atoms. The minimum atomic E-state index is -1.14. The van der Waals surface area contributed by atoms with E-state index in [0.717, 1.165) is 6.20 Å². The van der Waals surface area contributed by atoms with Crippen molar-refractivity contribution in [2.24, 2.45) is 0 Å². The zero-order valence-electron chi connectivity index (χ0n) is 9.82. The average molecular weight is 326 g/mol. The quantitative estimate of drug-likeness (QED) is 0.906. The van der Waals surface area contributed by atoms with E-state index in [9.17, 15) is 9.18 Å². The number of nitrogens with one attached hydrogen (secondary N) is 1. The smallest absolute Gasteiger partial charge is 0.356 e. The molecule has 0 unspecified atom stereocenters. The third-order valence-electron chi connectivity index (χ3n) is 2.40. The fourth-order valence-electron chi connectivity index (χ4n) is 1.42. The number of carboxylic acid groups (broad SMARTS) is 1. The van der Waals surface area contributed by atoms with E-state index in [4.69, 9.17) is 5.11 Å². The van der Waals surface area contributed by atoms with Crippen LogP contribution in [0, 0.1) is 12.7 Å². The predicted octanol–water partition coefficient (Wildman–Crippen LogP) is 3.13. The van der Waals surface area contributed by atoms with Crippen molar-refractivity contribution in [1.29, 1.82) is 0 Å². The van der Waals surface area contributed by atoms with E-state index in [1.807, 2.05) is 0 Å². The van der Waals surface area contributed by atoms with E-state index in [-0.39, 0.29) is 11.5 Å². The zero-order valence-corrected chi connectivity index (χ0v) is 11.4. The second-order valence-electron chi connectivity index (χ2n) is 3.80. The minimum Gasteiger partial charge on any atom is -0.476 e. The monoisotopic (exact) mass is 325 g/mol. The van der Waals surface area contributed by atoms with Crippen LogP contribution in [0.5, 0.6) is 0 Å². The number of carboxylic acids is 1. The number of aromatic carboxylic acids is 1. The van der Waals surface area contributed by atoms with E-state index in [2.05, 4.69) is 31.2 Å². The lowest BCUT2D eigenvalue weighted by molar-refractivity contribution is 0.0690. The van der Waals surface area contributed by atoms with Gasteiger partial charge in [-0.25, -0.2) is 19.2 Å². The molecule has 0 aliphatic carbocycles. The molecule has 0 bridgehead atoms. The van der Waals surface area contributed by atoms with Crippen molar-refractivity contribution in [3.8, 4) is 0 Å². The molecule has 0 fully saturated rings. The Balaban J connectivity index is 2.26. The van der Waals surface area contributed by atoms with Gasteiger partial charge < -0.3 is 10.4 Å². The summed E-state index contributed by atoms with van der Waals surface area (Å²) in [5.74, 6) is -1.11. The van der Waals surface area contributed by atoms with Crippen molar-refractivity contribution in [1.82, 2.24) is 9.97 Å². The number of nitrogens with zero attached hydrogens (tertiary/aromatic N) is 2. The van der Waals surface area contributed by atoms with Gasteiger partial charge in [-0.05, 0) is 40.5 Å². The maximum Gasteiger partial charge on any atom is 0.356 e. The SMILES string of the molecule is Cc1cc(F)c(Br)cc1Nc1cnc(C(=O)O)cn1. The van der Waals surface area contributed by atoms with Crippen LogP contribution in [0.1, 0.15) is 16.1 Å². The minimum absolute atomic E-state index is 0.137. The first-order valence-electron chi connectivity index (χ1n) is 5.25. The summed E-state index contributed by atoms with van der Waals surface area (Å²) >= 11 is 3.10. The molecular weight excluding hydrogens is 317 g/mol. The highest BCUT2D eigenvalue weighted by Crippen LogP contribution is 2.26. The molecule has 1 heterocycles. The first-order chi connectivity index (χ1) is 8.97. The molecule has 7 heteroatoms. The van der Waals surface area contributed by atoms with Gasteiger partial charge >= 0.3 is 5.97 Å². The molecular formula is C12H9BrFN3O2. The highest BCUT2D eigenvalue weighted by molar-refractivity contribution is 9.10. The van der Waals surface area contributed by atoms with Crippen molar-refractivity contribution in [3.05, 3.63) is 46.1 Å². The third kappa shape index (κ3) is 3.05. The summed E-state index contributed by atoms with van der Waals surface area (Å²) in [6.45, 7) is 1.75. The van der Waals surface area contributed by atoms with Gasteiger partial charge in [-0.1, -0.05) is 0 Å². The maximum absolute atomic E-state index is 13.3. The summed E-state index contributed by atoms with van der Waals surface area (Å²) in [5.41, 5.74) is 1.22. The van der Waals surface area contributed by atoms with Crippen LogP contribution in [0.25, 0.3) is 0 Å². The molecule has 5 nitrogen and oxygen atoms in total. The van der Waals surface area contributed by atoms with Gasteiger partial charge in [0.25, 0.3) is 0 Å². The number of halogens is 2. The van der Waals surface area contributed by atoms with Gasteiger partial charge in [0.1, 0.15) is 11.6 Å². The number of aromatic nitrogens is 2.